The van der Waals surface area contributed by atoms with Crippen molar-refractivity contribution in [2.75, 3.05) is 13.1 Å². The lowest BCUT2D eigenvalue weighted by Gasteiger charge is -2.36. The number of rotatable bonds is 7. The fraction of sp³-hybridized carbons (Fsp3) is 0.552. The van der Waals surface area contributed by atoms with Crippen LogP contribution >= 0.6 is 0 Å². The molecule has 1 aromatic rings. The van der Waals surface area contributed by atoms with E-state index in [-0.39, 0.29) is 17.7 Å². The van der Waals surface area contributed by atoms with Gasteiger partial charge in [0, 0.05) is 53.7 Å². The molecule has 0 bridgehead atoms. The van der Waals surface area contributed by atoms with E-state index in [9.17, 15) is 15.1 Å². The summed E-state index contributed by atoms with van der Waals surface area (Å²) in [6.07, 6.45) is 13.5. The molecule has 8 heteroatoms. The Bertz CT molecular complexity index is 1150. The molecule has 8 nitrogen and oxygen atoms in total. The highest BCUT2D eigenvalue weighted by Crippen LogP contribution is 2.47. The van der Waals surface area contributed by atoms with Crippen molar-refractivity contribution in [2.24, 2.45) is 5.92 Å². The van der Waals surface area contributed by atoms with E-state index in [1.54, 1.807) is 12.1 Å². The molecule has 198 valence electrons. The fourth-order valence-electron chi connectivity index (χ4n) is 5.88. The van der Waals surface area contributed by atoms with E-state index >= 15 is 0 Å². The number of hydrogen-bond donors (Lipinski definition) is 5. The number of nitrogens with zero attached hydrogens (tertiary/aromatic N) is 2. The SMILES string of the molecule is CC(C)c1cccc(C(=O)NC2=C/C(=C/NC3CCC(O)(C4CC4)CC3)C(=N)C=C2N2CCCC2)[n+]1O. The number of carbonyl (C=O) groups is 1. The largest absolute Gasteiger partial charge is 0.390 e. The number of likely N-dealkylation sites (tertiary alicyclic amines) is 1. The van der Waals surface area contributed by atoms with Crippen LogP contribution in [0.5, 0.6) is 0 Å². The molecule has 2 saturated carbocycles. The quantitative estimate of drug-likeness (QED) is 0.287. The maximum absolute atomic E-state index is 13.3. The highest BCUT2D eigenvalue weighted by molar-refractivity contribution is 6.10. The van der Waals surface area contributed by atoms with Crippen molar-refractivity contribution in [3.05, 3.63) is 64.9 Å². The van der Waals surface area contributed by atoms with Gasteiger partial charge in [-0.2, -0.15) is 0 Å². The number of amides is 1. The topological polar surface area (TPSA) is 113 Å². The Kier molecular flexibility index (Phi) is 7.12. The number of hydrogen-bond acceptors (Lipinski definition) is 6. The van der Waals surface area contributed by atoms with Crippen molar-refractivity contribution in [3.8, 4) is 0 Å². The molecule has 5 N–H and O–H groups in total. The van der Waals surface area contributed by atoms with E-state index in [2.05, 4.69) is 15.5 Å². The van der Waals surface area contributed by atoms with Gasteiger partial charge in [0.1, 0.15) is 0 Å². The van der Waals surface area contributed by atoms with Crippen LogP contribution in [0.3, 0.4) is 0 Å². The second-order valence-electron chi connectivity index (χ2n) is 11.4. The molecular weight excluding hydrogens is 466 g/mol. The molecule has 0 atom stereocenters. The average Bonchev–Trinajstić information content (AvgIpc) is 3.61. The number of aromatic nitrogens is 1. The number of allylic oxidation sites excluding steroid dienone is 3. The van der Waals surface area contributed by atoms with Crippen LogP contribution in [-0.2, 0) is 0 Å². The number of pyridine rings is 1. The van der Waals surface area contributed by atoms with Gasteiger partial charge in [-0.25, -0.2) is 0 Å². The lowest BCUT2D eigenvalue weighted by molar-refractivity contribution is -0.911. The van der Waals surface area contributed by atoms with Crippen LogP contribution in [-0.4, -0.2) is 51.6 Å². The minimum absolute atomic E-state index is 0.0628. The predicted octanol–water partition coefficient (Wildman–Crippen LogP) is 3.52. The first-order chi connectivity index (χ1) is 17.7. The van der Waals surface area contributed by atoms with Gasteiger partial charge in [0.15, 0.2) is 0 Å². The summed E-state index contributed by atoms with van der Waals surface area (Å²) in [7, 11) is 0. The molecule has 2 heterocycles. The zero-order chi connectivity index (χ0) is 26.2. The van der Waals surface area contributed by atoms with Crippen LogP contribution in [0.25, 0.3) is 0 Å². The molecule has 5 rings (SSSR count). The normalized spacial score (nSPS) is 27.4. The molecule has 1 amide bonds. The van der Waals surface area contributed by atoms with E-state index in [1.807, 2.05) is 38.3 Å². The predicted molar refractivity (Wildman–Crippen MR) is 141 cm³/mol. The minimum atomic E-state index is -0.482. The molecule has 0 aromatic carbocycles. The molecule has 1 aliphatic heterocycles. The summed E-state index contributed by atoms with van der Waals surface area (Å²) in [5.41, 5.74) is 2.92. The second kappa shape index (κ2) is 10.3. The zero-order valence-corrected chi connectivity index (χ0v) is 22.0. The number of nitrogens with one attached hydrogen (secondary N) is 3. The molecule has 3 fully saturated rings. The van der Waals surface area contributed by atoms with E-state index < -0.39 is 11.5 Å². The molecule has 1 aromatic heterocycles. The first-order valence-electron chi connectivity index (χ1n) is 13.8. The molecular formula is C29H40N5O3+. The van der Waals surface area contributed by atoms with Gasteiger partial charge in [0.05, 0.1) is 22.7 Å². The van der Waals surface area contributed by atoms with Crippen molar-refractivity contribution in [1.82, 2.24) is 15.5 Å². The lowest BCUT2D eigenvalue weighted by atomic mass is 9.79. The van der Waals surface area contributed by atoms with Crippen molar-refractivity contribution < 1.29 is 19.8 Å². The van der Waals surface area contributed by atoms with Crippen LogP contribution in [0.4, 0.5) is 0 Å². The minimum Gasteiger partial charge on any atom is -0.390 e. The van der Waals surface area contributed by atoms with Crippen LogP contribution in [0.15, 0.2) is 53.5 Å². The Balaban J connectivity index is 1.34. The Labute approximate surface area is 219 Å². The lowest BCUT2D eigenvalue weighted by Crippen LogP contribution is -2.45. The molecule has 0 spiro atoms. The van der Waals surface area contributed by atoms with Gasteiger partial charge in [-0.3, -0.25) is 10.0 Å². The van der Waals surface area contributed by atoms with Crippen molar-refractivity contribution in [1.29, 1.82) is 5.41 Å². The summed E-state index contributed by atoms with van der Waals surface area (Å²) in [4.78, 5) is 15.5. The maximum atomic E-state index is 13.3. The Morgan fingerprint density at radius 3 is 2.51 bits per heavy atom. The summed E-state index contributed by atoms with van der Waals surface area (Å²) >= 11 is 0. The van der Waals surface area contributed by atoms with Crippen LogP contribution < -0.4 is 15.4 Å². The Morgan fingerprint density at radius 2 is 1.86 bits per heavy atom. The highest BCUT2D eigenvalue weighted by Gasteiger charge is 2.45. The van der Waals surface area contributed by atoms with Gasteiger partial charge in [-0.15, -0.1) is 0 Å². The monoisotopic (exact) mass is 506 g/mol. The van der Waals surface area contributed by atoms with Crippen molar-refractivity contribution >= 4 is 11.6 Å². The molecule has 37 heavy (non-hydrogen) atoms. The van der Waals surface area contributed by atoms with E-state index in [0.29, 0.717) is 28.6 Å². The summed E-state index contributed by atoms with van der Waals surface area (Å²) in [5, 5.41) is 36.7. The first kappa shape index (κ1) is 25.5. The molecule has 4 aliphatic rings. The van der Waals surface area contributed by atoms with Gasteiger partial charge in [-0.05, 0) is 75.5 Å². The van der Waals surface area contributed by atoms with E-state index in [0.717, 1.165) is 74.9 Å². The summed E-state index contributed by atoms with van der Waals surface area (Å²) in [6, 6.07) is 5.46. The molecule has 0 radical (unpaired) electrons. The molecule has 0 unspecified atom stereocenters. The van der Waals surface area contributed by atoms with Crippen LogP contribution in [0.1, 0.15) is 87.3 Å². The molecule has 1 saturated heterocycles. The van der Waals surface area contributed by atoms with Gasteiger partial charge in [0.2, 0.25) is 5.69 Å². The molecule has 3 aliphatic carbocycles. The summed E-state index contributed by atoms with van der Waals surface area (Å²) in [5.74, 6) is 0.155. The van der Waals surface area contributed by atoms with Crippen molar-refractivity contribution in [3.63, 3.8) is 0 Å². The second-order valence-corrected chi connectivity index (χ2v) is 11.4. The third-order valence-corrected chi connectivity index (χ3v) is 8.34. The first-order valence-corrected chi connectivity index (χ1v) is 13.8. The van der Waals surface area contributed by atoms with E-state index in [1.165, 1.54) is 0 Å². The summed E-state index contributed by atoms with van der Waals surface area (Å²) in [6.45, 7) is 5.71. The average molecular weight is 507 g/mol. The maximum Gasteiger partial charge on any atom is 0.325 e. The van der Waals surface area contributed by atoms with Gasteiger partial charge in [0.25, 0.3) is 0 Å². The third-order valence-electron chi connectivity index (χ3n) is 8.34. The van der Waals surface area contributed by atoms with Gasteiger partial charge in [-0.1, -0.05) is 13.8 Å². The summed E-state index contributed by atoms with van der Waals surface area (Å²) < 4.78 is 0.967. The van der Waals surface area contributed by atoms with E-state index in [4.69, 9.17) is 5.41 Å². The third kappa shape index (κ3) is 5.44. The zero-order valence-electron chi connectivity index (χ0n) is 22.0. The highest BCUT2D eigenvalue weighted by atomic mass is 16.5. The smallest absolute Gasteiger partial charge is 0.325 e. The fourth-order valence-corrected chi connectivity index (χ4v) is 5.88. The Hall–Kier alpha value is -3.13. The van der Waals surface area contributed by atoms with Gasteiger partial charge >= 0.3 is 11.6 Å². The number of carbonyl (C=O) groups excluding carboxylic acids is 1. The Morgan fingerprint density at radius 1 is 1.16 bits per heavy atom. The number of aliphatic hydroxyl groups is 1. The van der Waals surface area contributed by atoms with Gasteiger partial charge < -0.3 is 26.0 Å². The van der Waals surface area contributed by atoms with Crippen LogP contribution in [0.2, 0.25) is 0 Å². The van der Waals surface area contributed by atoms with Crippen molar-refractivity contribution in [2.45, 2.75) is 82.8 Å². The van der Waals surface area contributed by atoms with Crippen LogP contribution in [0, 0.1) is 11.3 Å². The standard InChI is InChI=1S/C29H39N5O3/c1-19(2)25-6-5-7-26(34(25)37)28(35)32-24-16-20(23(30)17-27(24)33-14-3-4-15-33)18-31-22-10-12-29(36,13-11-22)21-8-9-21/h5-7,16-19,21-22,30,35-37H,3-4,8-15H2,1-2H3/p+1.